The van der Waals surface area contributed by atoms with Crippen molar-refractivity contribution in [3.05, 3.63) is 23.8 Å². The van der Waals surface area contributed by atoms with Gasteiger partial charge in [0.15, 0.2) is 0 Å². The van der Waals surface area contributed by atoms with E-state index in [1.807, 2.05) is 13.8 Å². The van der Waals surface area contributed by atoms with Gasteiger partial charge in [0.1, 0.15) is 6.61 Å². The second-order valence-corrected chi connectivity index (χ2v) is 3.48. The molecule has 0 aliphatic heterocycles. The van der Waals surface area contributed by atoms with Crippen molar-refractivity contribution >= 4 is 25.8 Å². The number of allylic oxidation sites excluding steroid dienone is 1. The Bertz CT molecular complexity index is 366. The van der Waals surface area contributed by atoms with Gasteiger partial charge in [-0.25, -0.2) is 4.79 Å². The number of hydrogen-bond donors (Lipinski definition) is 0. The number of carbonyl (C=O) groups is 3. The molecule has 0 aromatic rings. The largest absolute Gasteiger partial charge is 0.543 e. The van der Waals surface area contributed by atoms with Gasteiger partial charge in [0.05, 0.1) is 6.42 Å². The van der Waals surface area contributed by atoms with Crippen LogP contribution in [0.15, 0.2) is 23.8 Å². The Morgan fingerprint density at radius 1 is 1.29 bits per heavy atom. The highest BCUT2D eigenvalue weighted by molar-refractivity contribution is 6.40. The molecular formula is C11H13BO5. The average molecular weight is 236 g/mol. The molecule has 0 aliphatic rings. The molecule has 0 heterocycles. The van der Waals surface area contributed by atoms with Crippen molar-refractivity contribution in [2.24, 2.45) is 0 Å². The summed E-state index contributed by atoms with van der Waals surface area (Å²) in [6, 6.07) is 0. The summed E-state index contributed by atoms with van der Waals surface area (Å²) >= 11 is 0. The van der Waals surface area contributed by atoms with E-state index in [9.17, 15) is 14.4 Å². The van der Waals surface area contributed by atoms with Crippen LogP contribution in [0.25, 0.3) is 0 Å². The fraction of sp³-hybridized carbons (Fsp3) is 0.364. The third kappa shape index (κ3) is 6.34. The molecule has 0 atom stereocenters. The Kier molecular flexibility index (Phi) is 6.63. The topological polar surface area (TPSA) is 69.7 Å². The van der Waals surface area contributed by atoms with Gasteiger partial charge in [0.2, 0.25) is 0 Å². The molecule has 6 heteroatoms. The third-order valence-electron chi connectivity index (χ3n) is 1.70. The molecular weight excluding hydrogens is 223 g/mol. The molecule has 0 N–H and O–H groups in total. The summed E-state index contributed by atoms with van der Waals surface area (Å²) in [5.41, 5.74) is 0.735. The van der Waals surface area contributed by atoms with Crippen LogP contribution in [0.5, 0.6) is 0 Å². The molecule has 0 spiro atoms. The first kappa shape index (κ1) is 15.2. The predicted molar refractivity (Wildman–Crippen MR) is 61.0 cm³/mol. The van der Waals surface area contributed by atoms with Crippen LogP contribution >= 0.6 is 0 Å². The molecule has 0 unspecified atom stereocenters. The van der Waals surface area contributed by atoms with Crippen molar-refractivity contribution in [3.8, 4) is 0 Å². The fourth-order valence-corrected chi connectivity index (χ4v) is 0.790. The Balaban J connectivity index is 4.22. The van der Waals surface area contributed by atoms with E-state index in [-0.39, 0.29) is 12.2 Å². The monoisotopic (exact) mass is 236 g/mol. The van der Waals surface area contributed by atoms with Crippen LogP contribution in [-0.4, -0.2) is 32.4 Å². The van der Waals surface area contributed by atoms with E-state index < -0.39 is 24.1 Å². The molecule has 17 heavy (non-hydrogen) atoms. The first-order valence-electron chi connectivity index (χ1n) is 4.80. The maximum absolute atomic E-state index is 11.3. The smallest absolute Gasteiger partial charge is 0.379 e. The molecule has 0 saturated carbocycles. The predicted octanol–water partition coefficient (Wildman–Crippen LogP) is 0.638. The highest BCUT2D eigenvalue weighted by Crippen LogP contribution is 2.03. The molecule has 90 valence electrons. The van der Waals surface area contributed by atoms with E-state index >= 15 is 0 Å². The Morgan fingerprint density at radius 3 is 2.35 bits per heavy atom. The lowest BCUT2D eigenvalue weighted by Crippen LogP contribution is -2.21. The van der Waals surface area contributed by atoms with Gasteiger partial charge >= 0.3 is 14.0 Å². The van der Waals surface area contributed by atoms with Crippen LogP contribution in [0.3, 0.4) is 0 Å². The highest BCUT2D eigenvalue weighted by Gasteiger charge is 2.20. The Labute approximate surface area is 101 Å². The highest BCUT2D eigenvalue weighted by atomic mass is 16.5. The molecule has 0 bridgehead atoms. The van der Waals surface area contributed by atoms with Gasteiger partial charge in [-0.05, 0) is 19.9 Å². The van der Waals surface area contributed by atoms with Crippen molar-refractivity contribution in [1.29, 1.82) is 0 Å². The molecule has 5 nitrogen and oxygen atoms in total. The van der Waals surface area contributed by atoms with Crippen molar-refractivity contribution in [2.45, 2.75) is 20.3 Å². The number of ether oxygens (including phenoxy) is 1. The van der Waals surface area contributed by atoms with Gasteiger partial charge in [-0.15, -0.1) is 0 Å². The number of ketones is 1. The summed E-state index contributed by atoms with van der Waals surface area (Å²) in [6.07, 6.45) is 1.20. The normalized spacial score (nSPS) is 9.06. The van der Waals surface area contributed by atoms with Gasteiger partial charge < -0.3 is 9.39 Å². The summed E-state index contributed by atoms with van der Waals surface area (Å²) in [5.74, 6) is -2.87. The van der Waals surface area contributed by atoms with Crippen molar-refractivity contribution in [1.82, 2.24) is 0 Å². The minimum absolute atomic E-state index is 0.00151. The van der Waals surface area contributed by atoms with E-state index in [2.05, 4.69) is 24.0 Å². The molecule has 0 rings (SSSR count). The van der Waals surface area contributed by atoms with Crippen LogP contribution in [0.2, 0.25) is 0 Å². The van der Waals surface area contributed by atoms with Gasteiger partial charge in [0, 0.05) is 5.57 Å². The molecule has 2 radical (unpaired) electrons. The van der Waals surface area contributed by atoms with Crippen LogP contribution in [-0.2, 0) is 23.8 Å². The minimum Gasteiger partial charge on any atom is -0.543 e. The van der Waals surface area contributed by atoms with E-state index in [1.54, 1.807) is 6.08 Å². The number of esters is 1. The van der Waals surface area contributed by atoms with Crippen LogP contribution in [0, 0.1) is 0 Å². The van der Waals surface area contributed by atoms with Crippen LogP contribution in [0.4, 0.5) is 0 Å². The number of carbonyl (C=O) groups excluding carboxylic acids is 3. The fourth-order valence-electron chi connectivity index (χ4n) is 0.790. The average Bonchev–Trinajstić information content (AvgIpc) is 2.26. The van der Waals surface area contributed by atoms with E-state index in [1.165, 1.54) is 0 Å². The Morgan fingerprint density at radius 2 is 1.88 bits per heavy atom. The molecule has 0 aromatic heterocycles. The molecule has 0 amide bonds. The Hall–Kier alpha value is -1.85. The van der Waals surface area contributed by atoms with Crippen molar-refractivity contribution in [3.63, 3.8) is 0 Å². The zero-order chi connectivity index (χ0) is 13.4. The van der Waals surface area contributed by atoms with Crippen LogP contribution in [0.1, 0.15) is 20.3 Å². The third-order valence-corrected chi connectivity index (χ3v) is 1.70. The van der Waals surface area contributed by atoms with Gasteiger partial charge in [0.25, 0.3) is 11.8 Å². The van der Waals surface area contributed by atoms with E-state index in [4.69, 9.17) is 0 Å². The first-order valence-corrected chi connectivity index (χ1v) is 4.80. The quantitative estimate of drug-likeness (QED) is 0.222. The zero-order valence-corrected chi connectivity index (χ0v) is 9.82. The summed E-state index contributed by atoms with van der Waals surface area (Å²) < 4.78 is 8.49. The summed E-state index contributed by atoms with van der Waals surface area (Å²) in [6.45, 7) is 6.94. The maximum atomic E-state index is 11.3. The van der Waals surface area contributed by atoms with Crippen molar-refractivity contribution < 1.29 is 23.8 Å². The second kappa shape index (κ2) is 7.43. The minimum atomic E-state index is -1.06. The zero-order valence-electron chi connectivity index (χ0n) is 9.82. The summed E-state index contributed by atoms with van der Waals surface area (Å²) in [5, 5.41) is 0. The molecule has 0 saturated heterocycles. The number of hydrogen-bond acceptors (Lipinski definition) is 5. The molecule has 0 aromatic carbocycles. The standard InChI is InChI=1S/C11H13BO5/c1-7(2)4-5-16-11(15)10(14)8(3)6-9(13)17-12/h4H,3,5-6H2,1-2H3. The van der Waals surface area contributed by atoms with Gasteiger partial charge in [-0.2, -0.15) is 0 Å². The van der Waals surface area contributed by atoms with Gasteiger partial charge in [-0.1, -0.05) is 12.2 Å². The lowest BCUT2D eigenvalue weighted by atomic mass is 10.1. The van der Waals surface area contributed by atoms with E-state index in [0.717, 1.165) is 5.57 Å². The second-order valence-electron chi connectivity index (χ2n) is 3.48. The first-order chi connectivity index (χ1) is 7.88. The number of rotatable bonds is 6. The summed E-state index contributed by atoms with van der Waals surface area (Å²) in [4.78, 5) is 33.2. The molecule has 0 fully saturated rings. The van der Waals surface area contributed by atoms with Crippen LogP contribution < -0.4 is 0 Å². The number of Topliss-reactive ketones (excluding diaryl/α,β-unsaturated/α-hetero) is 1. The molecule has 0 aliphatic carbocycles. The SMILES string of the molecule is [B]OC(=O)CC(=C)C(=O)C(=O)OCC=C(C)C. The summed E-state index contributed by atoms with van der Waals surface area (Å²) in [7, 11) is 4.58. The lowest BCUT2D eigenvalue weighted by Gasteiger charge is -2.03. The van der Waals surface area contributed by atoms with Crippen molar-refractivity contribution in [2.75, 3.05) is 6.61 Å². The van der Waals surface area contributed by atoms with Gasteiger partial charge in [-0.3, -0.25) is 9.59 Å². The maximum Gasteiger partial charge on any atom is 0.379 e. The lowest BCUT2D eigenvalue weighted by molar-refractivity contribution is -0.151. The van der Waals surface area contributed by atoms with E-state index in [0.29, 0.717) is 0 Å².